The van der Waals surface area contributed by atoms with Crippen molar-refractivity contribution >= 4 is 0 Å². The van der Waals surface area contributed by atoms with Crippen molar-refractivity contribution in [3.8, 4) is 0 Å². The molecule has 1 saturated carbocycles. The van der Waals surface area contributed by atoms with Gasteiger partial charge in [-0.3, -0.25) is 0 Å². The van der Waals surface area contributed by atoms with Crippen LogP contribution in [0.5, 0.6) is 0 Å². The molecule has 2 rings (SSSR count). The van der Waals surface area contributed by atoms with E-state index in [1.807, 2.05) is 0 Å². The van der Waals surface area contributed by atoms with E-state index in [-0.39, 0.29) is 6.04 Å². The molecule has 1 aromatic carbocycles. The van der Waals surface area contributed by atoms with Gasteiger partial charge in [-0.15, -0.1) is 0 Å². The van der Waals surface area contributed by atoms with Gasteiger partial charge in [0.25, 0.3) is 0 Å². The smallest absolute Gasteiger partial charge is 0.0323 e. The Morgan fingerprint density at radius 3 is 2.27 bits per heavy atom. The minimum Gasteiger partial charge on any atom is -0.326 e. The van der Waals surface area contributed by atoms with Crippen molar-refractivity contribution in [2.75, 3.05) is 0 Å². The van der Waals surface area contributed by atoms with E-state index < -0.39 is 0 Å². The van der Waals surface area contributed by atoms with Gasteiger partial charge in [0.2, 0.25) is 0 Å². The summed E-state index contributed by atoms with van der Waals surface area (Å²) in [5, 5.41) is 0. The van der Waals surface area contributed by atoms with Crippen LogP contribution in [0.4, 0.5) is 0 Å². The summed E-state index contributed by atoms with van der Waals surface area (Å²) < 4.78 is 0. The minimum atomic E-state index is 0.222. The van der Waals surface area contributed by atoms with E-state index in [4.69, 9.17) is 11.5 Å². The Bertz CT molecular complexity index is 299. The third-order valence-corrected chi connectivity index (χ3v) is 3.51. The molecular weight excluding hydrogens is 184 g/mol. The lowest BCUT2D eigenvalue weighted by Crippen LogP contribution is -2.19. The molecule has 0 aromatic heterocycles. The number of nitrogens with two attached hydrogens (primary N) is 2. The molecule has 1 aliphatic carbocycles. The van der Waals surface area contributed by atoms with Crippen molar-refractivity contribution < 1.29 is 0 Å². The largest absolute Gasteiger partial charge is 0.326 e. The normalized spacial score (nSPS) is 19.3. The Labute approximate surface area is 91.7 Å². The van der Waals surface area contributed by atoms with Crippen LogP contribution in [-0.4, -0.2) is 0 Å². The summed E-state index contributed by atoms with van der Waals surface area (Å²) in [6, 6.07) is 8.66. The van der Waals surface area contributed by atoms with E-state index in [1.165, 1.54) is 36.8 Å². The Hall–Kier alpha value is -0.860. The minimum absolute atomic E-state index is 0.222. The van der Waals surface area contributed by atoms with Crippen molar-refractivity contribution in [2.24, 2.45) is 17.4 Å². The quantitative estimate of drug-likeness (QED) is 0.794. The topological polar surface area (TPSA) is 52.0 Å². The zero-order valence-corrected chi connectivity index (χ0v) is 9.15. The van der Waals surface area contributed by atoms with Gasteiger partial charge >= 0.3 is 0 Å². The van der Waals surface area contributed by atoms with E-state index >= 15 is 0 Å². The van der Waals surface area contributed by atoms with Gasteiger partial charge in [0.15, 0.2) is 0 Å². The van der Waals surface area contributed by atoms with Crippen LogP contribution < -0.4 is 11.5 Å². The molecule has 0 aliphatic heterocycles. The molecule has 0 amide bonds. The van der Waals surface area contributed by atoms with Gasteiger partial charge in [0, 0.05) is 12.6 Å². The van der Waals surface area contributed by atoms with Gasteiger partial charge in [0.05, 0.1) is 0 Å². The van der Waals surface area contributed by atoms with Crippen LogP contribution in [0.2, 0.25) is 0 Å². The molecule has 15 heavy (non-hydrogen) atoms. The van der Waals surface area contributed by atoms with Crippen LogP contribution in [0.15, 0.2) is 24.3 Å². The summed E-state index contributed by atoms with van der Waals surface area (Å²) >= 11 is 0. The van der Waals surface area contributed by atoms with Crippen LogP contribution >= 0.6 is 0 Å². The number of rotatable bonds is 3. The lowest BCUT2D eigenvalue weighted by molar-refractivity contribution is 0.445. The fraction of sp³-hybridized carbons (Fsp3) is 0.538. The van der Waals surface area contributed by atoms with Gasteiger partial charge in [-0.05, 0) is 29.9 Å². The standard InChI is InChI=1S/C13H20N2/c14-9-10-5-7-12(8-6-10)13(15)11-3-1-2-4-11/h5-8,11,13H,1-4,9,14-15H2. The summed E-state index contributed by atoms with van der Waals surface area (Å²) in [6.07, 6.45) is 5.28. The molecule has 0 spiro atoms. The van der Waals surface area contributed by atoms with Crippen molar-refractivity contribution in [1.29, 1.82) is 0 Å². The molecule has 1 aliphatic rings. The predicted molar refractivity (Wildman–Crippen MR) is 63.2 cm³/mol. The molecule has 0 heterocycles. The van der Waals surface area contributed by atoms with Crippen molar-refractivity contribution in [3.05, 3.63) is 35.4 Å². The Morgan fingerprint density at radius 1 is 1.13 bits per heavy atom. The summed E-state index contributed by atoms with van der Waals surface area (Å²) in [5.74, 6) is 0.689. The van der Waals surface area contributed by atoms with E-state index in [0.29, 0.717) is 12.5 Å². The molecule has 4 N–H and O–H groups in total. The summed E-state index contributed by atoms with van der Waals surface area (Å²) in [7, 11) is 0. The molecule has 0 saturated heterocycles. The van der Waals surface area contributed by atoms with E-state index in [2.05, 4.69) is 24.3 Å². The number of hydrogen-bond donors (Lipinski definition) is 2. The highest BCUT2D eigenvalue weighted by Crippen LogP contribution is 2.34. The highest BCUT2D eigenvalue weighted by atomic mass is 14.7. The van der Waals surface area contributed by atoms with Crippen molar-refractivity contribution in [3.63, 3.8) is 0 Å². The Kier molecular flexibility index (Phi) is 3.39. The van der Waals surface area contributed by atoms with Gasteiger partial charge < -0.3 is 11.5 Å². The highest BCUT2D eigenvalue weighted by Gasteiger charge is 2.22. The fourth-order valence-electron chi connectivity index (χ4n) is 2.46. The summed E-state index contributed by atoms with van der Waals surface area (Å²) in [5.41, 5.74) is 14.3. The van der Waals surface area contributed by atoms with Crippen LogP contribution in [0.1, 0.15) is 42.9 Å². The van der Waals surface area contributed by atoms with E-state index in [9.17, 15) is 0 Å². The SMILES string of the molecule is NCc1ccc(C(N)C2CCCC2)cc1. The van der Waals surface area contributed by atoms with Gasteiger partial charge in [-0.1, -0.05) is 37.1 Å². The number of benzene rings is 1. The second kappa shape index (κ2) is 4.77. The molecule has 1 unspecified atom stereocenters. The first-order chi connectivity index (χ1) is 7.31. The fourth-order valence-corrected chi connectivity index (χ4v) is 2.46. The predicted octanol–water partition coefficient (Wildman–Crippen LogP) is 2.34. The van der Waals surface area contributed by atoms with Crippen molar-refractivity contribution in [2.45, 2.75) is 38.3 Å². The molecule has 1 aromatic rings. The average molecular weight is 204 g/mol. The lowest BCUT2D eigenvalue weighted by atomic mass is 9.92. The highest BCUT2D eigenvalue weighted by molar-refractivity contribution is 5.25. The first-order valence-electron chi connectivity index (χ1n) is 5.86. The number of hydrogen-bond acceptors (Lipinski definition) is 2. The maximum atomic E-state index is 6.26. The molecule has 1 atom stereocenters. The van der Waals surface area contributed by atoms with Crippen LogP contribution in [-0.2, 0) is 6.54 Å². The third-order valence-electron chi connectivity index (χ3n) is 3.51. The van der Waals surface area contributed by atoms with Crippen molar-refractivity contribution in [1.82, 2.24) is 0 Å². The molecule has 82 valence electrons. The monoisotopic (exact) mass is 204 g/mol. The van der Waals surface area contributed by atoms with E-state index in [0.717, 1.165) is 0 Å². The van der Waals surface area contributed by atoms with Gasteiger partial charge in [0.1, 0.15) is 0 Å². The molecule has 0 radical (unpaired) electrons. The average Bonchev–Trinajstić information content (AvgIpc) is 2.82. The maximum absolute atomic E-state index is 6.26. The van der Waals surface area contributed by atoms with Crippen LogP contribution in [0.3, 0.4) is 0 Å². The first kappa shape index (κ1) is 10.7. The summed E-state index contributed by atoms with van der Waals surface area (Å²) in [4.78, 5) is 0. The summed E-state index contributed by atoms with van der Waals surface area (Å²) in [6.45, 7) is 0.610. The van der Waals surface area contributed by atoms with Crippen LogP contribution in [0.25, 0.3) is 0 Å². The third kappa shape index (κ3) is 2.39. The maximum Gasteiger partial charge on any atom is 0.0323 e. The first-order valence-corrected chi connectivity index (χ1v) is 5.86. The Balaban J connectivity index is 2.07. The molecule has 2 heteroatoms. The van der Waals surface area contributed by atoms with Gasteiger partial charge in [-0.25, -0.2) is 0 Å². The van der Waals surface area contributed by atoms with Crippen LogP contribution in [0, 0.1) is 5.92 Å². The Morgan fingerprint density at radius 2 is 1.73 bits per heavy atom. The second-order valence-corrected chi connectivity index (χ2v) is 4.52. The zero-order valence-electron chi connectivity index (χ0n) is 9.15. The zero-order chi connectivity index (χ0) is 10.7. The van der Waals surface area contributed by atoms with E-state index in [1.54, 1.807) is 0 Å². The second-order valence-electron chi connectivity index (χ2n) is 4.52. The van der Waals surface area contributed by atoms with Gasteiger partial charge in [-0.2, -0.15) is 0 Å². The lowest BCUT2D eigenvalue weighted by Gasteiger charge is -2.19. The molecule has 1 fully saturated rings. The molecular formula is C13H20N2. The molecule has 0 bridgehead atoms. The molecule has 2 nitrogen and oxygen atoms in total.